The summed E-state index contributed by atoms with van der Waals surface area (Å²) in [6.45, 7) is 9.01. The van der Waals surface area contributed by atoms with Gasteiger partial charge in [-0.05, 0) is 57.7 Å². The van der Waals surface area contributed by atoms with Crippen molar-refractivity contribution in [3.05, 3.63) is 62.0 Å². The van der Waals surface area contributed by atoms with E-state index in [1.807, 2.05) is 56.9 Å². The molecule has 2 N–H and O–H groups in total. The smallest absolute Gasteiger partial charge is 0.259 e. The number of hydrogen-bond donors (Lipinski definition) is 2. The van der Waals surface area contributed by atoms with E-state index < -0.39 is 0 Å². The number of amides is 2. The molecular formula is C25H30N4O3S2. The third-order valence-electron chi connectivity index (χ3n) is 6.44. The average Bonchev–Trinajstić information content (AvgIpc) is 3.11. The highest BCUT2D eigenvalue weighted by atomic mass is 32.2. The molecule has 34 heavy (non-hydrogen) atoms. The molecule has 1 unspecified atom stereocenters. The Kier molecular flexibility index (Phi) is 7.42. The van der Waals surface area contributed by atoms with E-state index in [9.17, 15) is 14.4 Å². The second-order valence-corrected chi connectivity index (χ2v) is 11.3. The van der Waals surface area contributed by atoms with Gasteiger partial charge in [-0.15, -0.1) is 23.1 Å². The fourth-order valence-corrected chi connectivity index (χ4v) is 6.12. The maximum absolute atomic E-state index is 13.0. The van der Waals surface area contributed by atoms with Crippen LogP contribution < -0.4 is 10.9 Å². The summed E-state index contributed by atoms with van der Waals surface area (Å²) in [4.78, 5) is 49.2. The number of aromatic amines is 1. The highest BCUT2D eigenvalue weighted by molar-refractivity contribution is 7.99. The van der Waals surface area contributed by atoms with E-state index in [0.717, 1.165) is 33.7 Å². The lowest BCUT2D eigenvalue weighted by Gasteiger charge is -2.34. The zero-order valence-corrected chi connectivity index (χ0v) is 21.6. The van der Waals surface area contributed by atoms with Crippen LogP contribution >= 0.6 is 23.1 Å². The van der Waals surface area contributed by atoms with Gasteiger partial charge in [0.15, 0.2) is 0 Å². The van der Waals surface area contributed by atoms with E-state index >= 15 is 0 Å². The van der Waals surface area contributed by atoms with E-state index in [4.69, 9.17) is 0 Å². The van der Waals surface area contributed by atoms with Gasteiger partial charge >= 0.3 is 0 Å². The van der Waals surface area contributed by atoms with Crippen LogP contribution in [0.3, 0.4) is 0 Å². The zero-order chi connectivity index (χ0) is 24.4. The van der Waals surface area contributed by atoms with E-state index in [2.05, 4.69) is 15.3 Å². The molecule has 1 aromatic carbocycles. The monoisotopic (exact) mass is 498 g/mol. The molecule has 0 bridgehead atoms. The minimum absolute atomic E-state index is 0.0543. The van der Waals surface area contributed by atoms with Crippen LogP contribution in [0.15, 0.2) is 29.1 Å². The van der Waals surface area contributed by atoms with Crippen molar-refractivity contribution in [1.29, 1.82) is 0 Å². The molecule has 1 fully saturated rings. The highest BCUT2D eigenvalue weighted by Crippen LogP contribution is 2.27. The van der Waals surface area contributed by atoms with Crippen LogP contribution in [0.1, 0.15) is 52.0 Å². The first kappa shape index (κ1) is 24.5. The van der Waals surface area contributed by atoms with Crippen LogP contribution in [0, 0.1) is 20.8 Å². The fourth-order valence-electron chi connectivity index (χ4n) is 4.23. The van der Waals surface area contributed by atoms with E-state index in [1.54, 1.807) is 0 Å². The van der Waals surface area contributed by atoms with E-state index in [0.29, 0.717) is 35.6 Å². The second-order valence-electron chi connectivity index (χ2n) is 8.82. The number of carbonyl (C=O) groups excluding carboxylic acids is 2. The van der Waals surface area contributed by atoms with Gasteiger partial charge in [-0.25, -0.2) is 4.98 Å². The van der Waals surface area contributed by atoms with Crippen LogP contribution in [0.25, 0.3) is 10.2 Å². The van der Waals surface area contributed by atoms with Crippen LogP contribution in [0.4, 0.5) is 0 Å². The number of thioether (sulfide) groups is 1. The molecule has 9 heteroatoms. The first-order valence-corrected chi connectivity index (χ1v) is 13.4. The number of hydrogen-bond acceptors (Lipinski definition) is 6. The molecule has 1 aliphatic rings. The summed E-state index contributed by atoms with van der Waals surface area (Å²) in [5.74, 6) is 1.10. The lowest BCUT2D eigenvalue weighted by atomic mass is 10.0. The SMILES string of the molecule is Cc1ccccc1C(=O)NC1CCN(C(=O)C(C)SCc2nc3sc(C)c(C)c3c(=O)[nH]2)CC1. The Morgan fingerprint density at radius 1 is 1.24 bits per heavy atom. The number of thiophene rings is 1. The maximum atomic E-state index is 13.0. The number of aromatic nitrogens is 2. The number of piperidine rings is 1. The summed E-state index contributed by atoms with van der Waals surface area (Å²) in [5.41, 5.74) is 2.52. The number of nitrogens with one attached hydrogen (secondary N) is 2. The van der Waals surface area contributed by atoms with Crippen molar-refractivity contribution >= 4 is 45.1 Å². The number of rotatable bonds is 6. The van der Waals surface area contributed by atoms with Crippen LogP contribution in [0.5, 0.6) is 0 Å². The standard InChI is InChI=1S/C25H30N4O3S2/c1-14-7-5-6-8-19(14)22(30)26-18-9-11-29(12-10-18)25(32)17(4)33-13-20-27-23(31)21-15(2)16(3)34-24(21)28-20/h5-8,17-18H,9-13H2,1-4H3,(H,26,30)(H,27,28,31). The van der Waals surface area contributed by atoms with Gasteiger partial charge in [0, 0.05) is 29.6 Å². The molecule has 2 amide bonds. The lowest BCUT2D eigenvalue weighted by Crippen LogP contribution is -2.48. The first-order valence-electron chi connectivity index (χ1n) is 11.5. The Morgan fingerprint density at radius 2 is 1.94 bits per heavy atom. The summed E-state index contributed by atoms with van der Waals surface area (Å²) >= 11 is 3.01. The van der Waals surface area contributed by atoms with E-state index in [1.165, 1.54) is 23.1 Å². The van der Waals surface area contributed by atoms with Crippen molar-refractivity contribution in [3.63, 3.8) is 0 Å². The van der Waals surface area contributed by atoms with Crippen molar-refractivity contribution in [3.8, 4) is 0 Å². The van der Waals surface area contributed by atoms with Crippen molar-refractivity contribution in [1.82, 2.24) is 20.2 Å². The minimum Gasteiger partial charge on any atom is -0.349 e. The van der Waals surface area contributed by atoms with Gasteiger partial charge in [-0.2, -0.15) is 0 Å². The normalized spacial score (nSPS) is 15.5. The molecule has 0 aliphatic carbocycles. The van der Waals surface area contributed by atoms with Gasteiger partial charge in [-0.1, -0.05) is 18.2 Å². The molecule has 0 spiro atoms. The van der Waals surface area contributed by atoms with Crippen molar-refractivity contribution in [2.24, 2.45) is 0 Å². The highest BCUT2D eigenvalue weighted by Gasteiger charge is 2.27. The second kappa shape index (κ2) is 10.3. The molecule has 3 aromatic rings. The average molecular weight is 499 g/mol. The summed E-state index contributed by atoms with van der Waals surface area (Å²) < 4.78 is 0. The van der Waals surface area contributed by atoms with Crippen molar-refractivity contribution < 1.29 is 9.59 Å². The largest absolute Gasteiger partial charge is 0.349 e. The minimum atomic E-state index is -0.245. The lowest BCUT2D eigenvalue weighted by molar-refractivity contribution is -0.131. The Hall–Kier alpha value is -2.65. The van der Waals surface area contributed by atoms with Crippen molar-refractivity contribution in [2.75, 3.05) is 13.1 Å². The number of aryl methyl sites for hydroxylation is 3. The number of benzene rings is 1. The number of carbonyl (C=O) groups is 2. The predicted octanol–water partition coefficient (Wildman–Crippen LogP) is 3.95. The molecule has 0 radical (unpaired) electrons. The summed E-state index contributed by atoms with van der Waals surface area (Å²) in [7, 11) is 0. The Bertz CT molecular complexity index is 1270. The Morgan fingerprint density at radius 3 is 2.65 bits per heavy atom. The Labute approximate surface area is 207 Å². The molecule has 7 nitrogen and oxygen atoms in total. The molecular weight excluding hydrogens is 468 g/mol. The Balaban J connectivity index is 1.29. The summed E-state index contributed by atoms with van der Waals surface area (Å²) in [5, 5.41) is 3.53. The topological polar surface area (TPSA) is 95.2 Å². The summed E-state index contributed by atoms with van der Waals surface area (Å²) in [6.07, 6.45) is 1.48. The van der Waals surface area contributed by atoms with Gasteiger partial charge in [0.05, 0.1) is 16.4 Å². The fraction of sp³-hybridized carbons (Fsp3) is 0.440. The number of nitrogens with zero attached hydrogens (tertiary/aromatic N) is 2. The van der Waals surface area contributed by atoms with E-state index in [-0.39, 0.29) is 28.7 Å². The predicted molar refractivity (Wildman–Crippen MR) is 139 cm³/mol. The van der Waals surface area contributed by atoms with Gasteiger partial charge in [0.1, 0.15) is 10.7 Å². The quantitative estimate of drug-likeness (QED) is 0.537. The zero-order valence-electron chi connectivity index (χ0n) is 19.9. The molecule has 2 aromatic heterocycles. The third kappa shape index (κ3) is 5.20. The van der Waals surface area contributed by atoms with Gasteiger partial charge < -0.3 is 15.2 Å². The summed E-state index contributed by atoms with van der Waals surface area (Å²) in [6, 6.07) is 7.63. The molecule has 0 saturated carbocycles. The molecule has 1 atom stereocenters. The molecule has 4 rings (SSSR count). The molecule has 1 saturated heterocycles. The molecule has 180 valence electrons. The van der Waals surface area contributed by atoms with Crippen LogP contribution in [-0.4, -0.2) is 51.1 Å². The van der Waals surface area contributed by atoms with Gasteiger partial charge in [-0.3, -0.25) is 14.4 Å². The van der Waals surface area contributed by atoms with Gasteiger partial charge in [0.25, 0.3) is 11.5 Å². The number of H-pyrrole nitrogens is 1. The van der Waals surface area contributed by atoms with Gasteiger partial charge in [0.2, 0.25) is 5.91 Å². The van der Waals surface area contributed by atoms with Crippen molar-refractivity contribution in [2.45, 2.75) is 57.6 Å². The molecule has 3 heterocycles. The third-order valence-corrected chi connectivity index (χ3v) is 8.68. The molecule has 1 aliphatic heterocycles. The number of likely N-dealkylation sites (tertiary alicyclic amines) is 1. The first-order chi connectivity index (χ1) is 16.2. The van der Waals surface area contributed by atoms with Crippen LogP contribution in [0.2, 0.25) is 0 Å². The number of fused-ring (bicyclic) bond motifs is 1. The van der Waals surface area contributed by atoms with Crippen LogP contribution in [-0.2, 0) is 10.5 Å². The maximum Gasteiger partial charge on any atom is 0.259 e.